The van der Waals surface area contributed by atoms with Gasteiger partial charge in [0.05, 0.1) is 20.1 Å². The average molecular weight is 510 g/mol. The number of aromatic nitrogens is 1. The van der Waals surface area contributed by atoms with Gasteiger partial charge in [0.15, 0.2) is 0 Å². The van der Waals surface area contributed by atoms with Crippen LogP contribution in [0.3, 0.4) is 0 Å². The first-order chi connectivity index (χ1) is 18.6. The highest BCUT2D eigenvalue weighted by Gasteiger charge is 2.33. The first kappa shape index (κ1) is 25.6. The number of fused-ring (bicyclic) bond motifs is 1. The molecule has 1 aromatic heterocycles. The highest BCUT2D eigenvalue weighted by Crippen LogP contribution is 2.30. The zero-order chi connectivity index (χ0) is 26.3. The Kier molecular flexibility index (Phi) is 8.07. The average Bonchev–Trinajstić information content (AvgIpc) is 3.36. The number of rotatable bonds is 9. The summed E-state index contributed by atoms with van der Waals surface area (Å²) in [6.07, 6.45) is 7.46. The van der Waals surface area contributed by atoms with Crippen LogP contribution in [0, 0.1) is 0 Å². The Balaban J connectivity index is 1.52. The lowest BCUT2D eigenvalue weighted by Gasteiger charge is -2.34. The molecule has 38 heavy (non-hydrogen) atoms. The highest BCUT2D eigenvalue weighted by molar-refractivity contribution is 5.92. The minimum absolute atomic E-state index is 0.117. The number of carbonyl (C=O) groups excluding carboxylic acids is 2. The van der Waals surface area contributed by atoms with E-state index in [1.54, 1.807) is 12.0 Å². The van der Waals surface area contributed by atoms with E-state index in [-0.39, 0.29) is 30.8 Å². The number of nitrogens with zero attached hydrogens (tertiary/aromatic N) is 1. The molecule has 1 heterocycles. The number of H-pyrrole nitrogens is 1. The number of aromatic amines is 1. The van der Waals surface area contributed by atoms with E-state index in [1.807, 2.05) is 85.1 Å². The molecule has 2 N–H and O–H groups in total. The Morgan fingerprint density at radius 1 is 0.921 bits per heavy atom. The van der Waals surface area contributed by atoms with Gasteiger partial charge in [0.2, 0.25) is 11.8 Å². The summed E-state index contributed by atoms with van der Waals surface area (Å²) in [6.45, 7) is 0.253. The lowest BCUT2D eigenvalue weighted by Crippen LogP contribution is -2.47. The van der Waals surface area contributed by atoms with Gasteiger partial charge in [-0.15, -0.1) is 0 Å². The molecule has 0 aliphatic heterocycles. The fourth-order valence-corrected chi connectivity index (χ4v) is 5.52. The third kappa shape index (κ3) is 5.75. The van der Waals surface area contributed by atoms with E-state index < -0.39 is 6.04 Å². The fraction of sp³-hybridized carbons (Fsp3) is 0.312. The summed E-state index contributed by atoms with van der Waals surface area (Å²) in [7, 11) is 1.63. The number of benzene rings is 3. The maximum Gasteiger partial charge on any atom is 0.247 e. The van der Waals surface area contributed by atoms with E-state index in [0.29, 0.717) is 5.75 Å². The van der Waals surface area contributed by atoms with Crippen molar-refractivity contribution in [2.75, 3.05) is 7.11 Å². The molecular weight excluding hydrogens is 474 g/mol. The quantitative estimate of drug-likeness (QED) is 0.293. The summed E-state index contributed by atoms with van der Waals surface area (Å²) in [5, 5.41) is 4.30. The molecule has 6 nitrogen and oxygen atoms in total. The molecule has 0 unspecified atom stereocenters. The third-order valence-electron chi connectivity index (χ3n) is 7.50. The number of amides is 2. The summed E-state index contributed by atoms with van der Waals surface area (Å²) in [5.74, 6) is 0.440. The van der Waals surface area contributed by atoms with Crippen LogP contribution in [0.5, 0.6) is 5.75 Å². The topological polar surface area (TPSA) is 74.4 Å². The zero-order valence-corrected chi connectivity index (χ0v) is 21.9. The Morgan fingerprint density at radius 2 is 1.63 bits per heavy atom. The van der Waals surface area contributed by atoms with Gasteiger partial charge in [-0.05, 0) is 36.1 Å². The van der Waals surface area contributed by atoms with E-state index in [2.05, 4.69) is 10.3 Å². The van der Waals surface area contributed by atoms with E-state index in [4.69, 9.17) is 4.74 Å². The summed E-state index contributed by atoms with van der Waals surface area (Å²) in [5.41, 5.74) is 3.55. The van der Waals surface area contributed by atoms with Crippen LogP contribution in [0.25, 0.3) is 10.9 Å². The second-order valence-electron chi connectivity index (χ2n) is 10.0. The monoisotopic (exact) mass is 509 g/mol. The normalized spacial score (nSPS) is 14.7. The Labute approximate surface area is 224 Å². The molecule has 1 saturated carbocycles. The fourth-order valence-electron chi connectivity index (χ4n) is 5.52. The second kappa shape index (κ2) is 12.0. The molecule has 2 amide bonds. The number of para-hydroxylation sites is 2. The first-order valence-electron chi connectivity index (χ1n) is 13.5. The molecule has 196 valence electrons. The van der Waals surface area contributed by atoms with Crippen LogP contribution in [0.15, 0.2) is 85.1 Å². The van der Waals surface area contributed by atoms with Crippen molar-refractivity contribution >= 4 is 22.7 Å². The second-order valence-corrected chi connectivity index (χ2v) is 10.0. The summed E-state index contributed by atoms with van der Waals surface area (Å²) in [6, 6.07) is 24.6. The molecule has 0 spiro atoms. The number of hydrogen-bond donors (Lipinski definition) is 2. The standard InChI is InChI=1S/C32H35N3O3/c1-38-29-19-11-8-14-24(29)22-35(30(36)20-25-21-33-28-18-10-9-17-27(25)28)31(23-12-4-2-5-13-23)32(37)34-26-15-6-3-7-16-26/h2,4-5,8-14,17-19,21,26,31,33H,3,6-7,15-16,20,22H2,1H3,(H,34,37)/t31-/m0/s1. The number of hydrogen-bond acceptors (Lipinski definition) is 3. The van der Waals surface area contributed by atoms with Crippen molar-refractivity contribution in [1.82, 2.24) is 15.2 Å². The summed E-state index contributed by atoms with van der Waals surface area (Å²) in [4.78, 5) is 33.1. The van der Waals surface area contributed by atoms with E-state index in [1.165, 1.54) is 6.42 Å². The van der Waals surface area contributed by atoms with Crippen molar-refractivity contribution in [3.8, 4) is 5.75 Å². The van der Waals surface area contributed by atoms with Crippen LogP contribution in [-0.4, -0.2) is 34.8 Å². The molecule has 1 aliphatic carbocycles. The van der Waals surface area contributed by atoms with Gasteiger partial charge in [0.1, 0.15) is 11.8 Å². The van der Waals surface area contributed by atoms with Crippen molar-refractivity contribution in [1.29, 1.82) is 0 Å². The molecule has 6 heteroatoms. The van der Waals surface area contributed by atoms with E-state index >= 15 is 0 Å². The summed E-state index contributed by atoms with van der Waals surface area (Å²) >= 11 is 0. The molecule has 0 radical (unpaired) electrons. The van der Waals surface area contributed by atoms with Crippen molar-refractivity contribution in [3.05, 3.63) is 102 Å². The predicted molar refractivity (Wildman–Crippen MR) is 150 cm³/mol. The van der Waals surface area contributed by atoms with Crippen LogP contribution >= 0.6 is 0 Å². The van der Waals surface area contributed by atoms with Crippen molar-refractivity contribution in [3.63, 3.8) is 0 Å². The van der Waals surface area contributed by atoms with Crippen LogP contribution < -0.4 is 10.1 Å². The van der Waals surface area contributed by atoms with Gasteiger partial charge in [0, 0.05) is 28.7 Å². The largest absolute Gasteiger partial charge is 0.496 e. The SMILES string of the molecule is COc1ccccc1CN(C(=O)Cc1c[nH]c2ccccc12)[C@H](C(=O)NC1CCCCC1)c1ccccc1. The van der Waals surface area contributed by atoms with E-state index in [0.717, 1.165) is 53.3 Å². The van der Waals surface area contributed by atoms with Gasteiger partial charge >= 0.3 is 0 Å². The number of nitrogens with one attached hydrogen (secondary N) is 2. The first-order valence-corrected chi connectivity index (χ1v) is 13.5. The van der Waals surface area contributed by atoms with Crippen LogP contribution in [-0.2, 0) is 22.6 Å². The molecule has 1 aliphatic rings. The van der Waals surface area contributed by atoms with Crippen molar-refractivity contribution < 1.29 is 14.3 Å². The molecule has 5 rings (SSSR count). The summed E-state index contributed by atoms with van der Waals surface area (Å²) < 4.78 is 5.61. The lowest BCUT2D eigenvalue weighted by atomic mass is 9.94. The molecule has 3 aromatic carbocycles. The molecule has 0 saturated heterocycles. The zero-order valence-electron chi connectivity index (χ0n) is 21.9. The van der Waals surface area contributed by atoms with Gasteiger partial charge in [-0.3, -0.25) is 9.59 Å². The number of methoxy groups -OCH3 is 1. The van der Waals surface area contributed by atoms with Crippen molar-refractivity contribution in [2.24, 2.45) is 0 Å². The molecule has 1 fully saturated rings. The maximum absolute atomic E-state index is 14.2. The van der Waals surface area contributed by atoms with Gasteiger partial charge in [-0.25, -0.2) is 0 Å². The molecule has 4 aromatic rings. The minimum atomic E-state index is -0.763. The van der Waals surface area contributed by atoms with Gasteiger partial charge < -0.3 is 19.9 Å². The predicted octanol–water partition coefficient (Wildman–Crippen LogP) is 5.94. The molecule has 0 bridgehead atoms. The Bertz CT molecular complexity index is 1380. The number of carbonyl (C=O) groups is 2. The van der Waals surface area contributed by atoms with E-state index in [9.17, 15) is 9.59 Å². The lowest BCUT2D eigenvalue weighted by molar-refractivity contribution is -0.141. The Morgan fingerprint density at radius 3 is 2.42 bits per heavy atom. The van der Waals surface area contributed by atoms with Crippen molar-refractivity contribution in [2.45, 2.75) is 57.2 Å². The van der Waals surface area contributed by atoms with Crippen LogP contribution in [0.4, 0.5) is 0 Å². The molecular formula is C32H35N3O3. The number of ether oxygens (including phenoxy) is 1. The maximum atomic E-state index is 14.2. The minimum Gasteiger partial charge on any atom is -0.496 e. The van der Waals surface area contributed by atoms with Gasteiger partial charge in [0.25, 0.3) is 0 Å². The smallest absolute Gasteiger partial charge is 0.247 e. The highest BCUT2D eigenvalue weighted by atomic mass is 16.5. The van der Waals surface area contributed by atoms with Crippen LogP contribution in [0.1, 0.15) is 54.8 Å². The van der Waals surface area contributed by atoms with Gasteiger partial charge in [-0.2, -0.15) is 0 Å². The Hall–Kier alpha value is -4.06. The third-order valence-corrected chi connectivity index (χ3v) is 7.50. The molecule has 1 atom stereocenters. The van der Waals surface area contributed by atoms with Crippen LogP contribution in [0.2, 0.25) is 0 Å². The van der Waals surface area contributed by atoms with Gasteiger partial charge in [-0.1, -0.05) is 86.0 Å².